The zero-order valence-electron chi connectivity index (χ0n) is 6.20. The molecule has 0 aliphatic heterocycles. The average Bonchev–Trinajstić information content (AvgIpc) is 1.83. The Kier molecular flexibility index (Phi) is 4.73. The van der Waals surface area contributed by atoms with Gasteiger partial charge >= 0.3 is 0 Å². The quantitative estimate of drug-likeness (QED) is 0.492. The van der Waals surface area contributed by atoms with E-state index in [4.69, 9.17) is 0 Å². The monoisotopic (exact) mass is 112 g/mol. The molecule has 48 valence electrons. The number of unbranched alkanes of at least 4 members (excludes halogenated alkanes) is 1. The van der Waals surface area contributed by atoms with Crippen LogP contribution in [0.4, 0.5) is 0 Å². The van der Waals surface area contributed by atoms with E-state index in [-0.39, 0.29) is 0 Å². The summed E-state index contributed by atoms with van der Waals surface area (Å²) in [5.74, 6) is 0. The van der Waals surface area contributed by atoms with Crippen molar-refractivity contribution in [3.05, 3.63) is 11.6 Å². The topological polar surface area (TPSA) is 0 Å². The fourth-order valence-corrected chi connectivity index (χ4v) is 0.535. The predicted octanol–water partition coefficient (Wildman–Crippen LogP) is 3.14. The highest BCUT2D eigenvalue weighted by Gasteiger charge is 1.79. The van der Waals surface area contributed by atoms with E-state index in [1.54, 1.807) is 0 Å². The maximum absolute atomic E-state index is 2.32. The lowest BCUT2D eigenvalue weighted by atomic mass is 10.2. The Hall–Kier alpha value is -0.260. The van der Waals surface area contributed by atoms with Gasteiger partial charge in [0.1, 0.15) is 0 Å². The second-order valence-electron chi connectivity index (χ2n) is 2.19. The Morgan fingerprint density at radius 1 is 1.38 bits per heavy atom. The second kappa shape index (κ2) is 4.89. The summed E-state index contributed by atoms with van der Waals surface area (Å²) in [4.78, 5) is 0. The summed E-state index contributed by atoms with van der Waals surface area (Å²) >= 11 is 0. The number of allylic oxidation sites excluding steroid dienone is 2. The SMILES string of the molecule is CCCC=C(C)CC. The van der Waals surface area contributed by atoms with Gasteiger partial charge in [-0.15, -0.1) is 0 Å². The number of hydrogen-bond donors (Lipinski definition) is 0. The summed E-state index contributed by atoms with van der Waals surface area (Å²) < 4.78 is 0. The minimum Gasteiger partial charge on any atom is -0.0856 e. The van der Waals surface area contributed by atoms with Crippen molar-refractivity contribution in [2.24, 2.45) is 0 Å². The van der Waals surface area contributed by atoms with Crippen molar-refractivity contribution in [2.45, 2.75) is 40.0 Å². The van der Waals surface area contributed by atoms with Crippen LogP contribution in [0, 0.1) is 0 Å². The first kappa shape index (κ1) is 7.74. The lowest BCUT2D eigenvalue weighted by molar-refractivity contribution is 0.934. The van der Waals surface area contributed by atoms with Crippen LogP contribution < -0.4 is 0 Å². The molecule has 0 atom stereocenters. The molecule has 0 rings (SSSR count). The molecule has 0 heteroatoms. The van der Waals surface area contributed by atoms with E-state index in [2.05, 4.69) is 26.8 Å². The molecule has 0 spiro atoms. The van der Waals surface area contributed by atoms with Crippen molar-refractivity contribution >= 4 is 0 Å². The Bertz CT molecular complexity index is 70.1. The van der Waals surface area contributed by atoms with Gasteiger partial charge in [-0.2, -0.15) is 0 Å². The van der Waals surface area contributed by atoms with Crippen LogP contribution >= 0.6 is 0 Å². The van der Waals surface area contributed by atoms with E-state index in [1.165, 1.54) is 24.8 Å². The van der Waals surface area contributed by atoms with Gasteiger partial charge in [0, 0.05) is 0 Å². The maximum Gasteiger partial charge on any atom is -0.0351 e. The standard InChI is InChI=1S/C8H16/c1-4-6-7-8(3)5-2/h7H,4-6H2,1-3H3. The molecule has 0 N–H and O–H groups in total. The van der Waals surface area contributed by atoms with Crippen LogP contribution in [0.25, 0.3) is 0 Å². The van der Waals surface area contributed by atoms with Crippen LogP contribution in [0.5, 0.6) is 0 Å². The summed E-state index contributed by atoms with van der Waals surface area (Å²) in [6.07, 6.45) is 6.05. The minimum absolute atomic E-state index is 1.21. The highest BCUT2D eigenvalue weighted by Crippen LogP contribution is 2.00. The first-order valence-electron chi connectivity index (χ1n) is 3.46. The molecule has 0 unspecified atom stereocenters. The second-order valence-corrected chi connectivity index (χ2v) is 2.19. The summed E-state index contributed by atoms with van der Waals surface area (Å²) in [7, 11) is 0. The summed E-state index contributed by atoms with van der Waals surface area (Å²) in [5, 5.41) is 0. The predicted molar refractivity (Wildman–Crippen MR) is 39.0 cm³/mol. The largest absolute Gasteiger partial charge is 0.0856 e. The van der Waals surface area contributed by atoms with Crippen LogP contribution in [-0.2, 0) is 0 Å². The smallest absolute Gasteiger partial charge is 0.0351 e. The average molecular weight is 112 g/mol. The maximum atomic E-state index is 2.32. The van der Waals surface area contributed by atoms with Crippen LogP contribution in [-0.4, -0.2) is 0 Å². The molecule has 0 nitrogen and oxygen atoms in total. The third-order valence-corrected chi connectivity index (χ3v) is 1.34. The molecular weight excluding hydrogens is 96.1 g/mol. The molecule has 0 heterocycles. The third-order valence-electron chi connectivity index (χ3n) is 1.34. The molecule has 0 aromatic carbocycles. The van der Waals surface area contributed by atoms with E-state index in [9.17, 15) is 0 Å². The lowest BCUT2D eigenvalue weighted by Crippen LogP contribution is -1.70. The van der Waals surface area contributed by atoms with Gasteiger partial charge in [0.25, 0.3) is 0 Å². The summed E-state index contributed by atoms with van der Waals surface area (Å²) in [5.41, 5.74) is 1.52. The van der Waals surface area contributed by atoms with Gasteiger partial charge in [-0.3, -0.25) is 0 Å². The normalized spacial score (nSPS) is 12.1. The van der Waals surface area contributed by atoms with E-state index >= 15 is 0 Å². The lowest BCUT2D eigenvalue weighted by Gasteiger charge is -1.91. The van der Waals surface area contributed by atoms with E-state index in [0.717, 1.165) is 0 Å². The number of rotatable bonds is 3. The first-order valence-corrected chi connectivity index (χ1v) is 3.46. The van der Waals surface area contributed by atoms with E-state index < -0.39 is 0 Å². The molecule has 0 aromatic rings. The molecule has 0 saturated carbocycles. The molecule has 0 saturated heterocycles. The fraction of sp³-hybridized carbons (Fsp3) is 0.750. The minimum atomic E-state index is 1.21. The van der Waals surface area contributed by atoms with Gasteiger partial charge in [-0.25, -0.2) is 0 Å². The van der Waals surface area contributed by atoms with Gasteiger partial charge < -0.3 is 0 Å². The summed E-state index contributed by atoms with van der Waals surface area (Å²) in [6.45, 7) is 6.59. The van der Waals surface area contributed by atoms with Gasteiger partial charge in [0.05, 0.1) is 0 Å². The van der Waals surface area contributed by atoms with E-state index in [1.807, 2.05) is 0 Å². The summed E-state index contributed by atoms with van der Waals surface area (Å²) in [6, 6.07) is 0. The molecule has 0 fully saturated rings. The van der Waals surface area contributed by atoms with Crippen molar-refractivity contribution < 1.29 is 0 Å². The van der Waals surface area contributed by atoms with Gasteiger partial charge in [-0.05, 0) is 19.8 Å². The Balaban J connectivity index is 3.26. The van der Waals surface area contributed by atoms with Crippen molar-refractivity contribution in [2.75, 3.05) is 0 Å². The molecular formula is C8H16. The van der Waals surface area contributed by atoms with Gasteiger partial charge in [0.15, 0.2) is 0 Å². The molecule has 0 aliphatic rings. The van der Waals surface area contributed by atoms with Crippen LogP contribution in [0.15, 0.2) is 11.6 Å². The number of hydrogen-bond acceptors (Lipinski definition) is 0. The van der Waals surface area contributed by atoms with Crippen molar-refractivity contribution in [1.82, 2.24) is 0 Å². The molecule has 0 bridgehead atoms. The Morgan fingerprint density at radius 3 is 2.38 bits per heavy atom. The molecule has 0 amide bonds. The molecule has 8 heavy (non-hydrogen) atoms. The zero-order chi connectivity index (χ0) is 6.41. The molecule has 0 aliphatic carbocycles. The zero-order valence-corrected chi connectivity index (χ0v) is 6.20. The van der Waals surface area contributed by atoms with Crippen molar-refractivity contribution in [1.29, 1.82) is 0 Å². The Labute approximate surface area is 52.6 Å². The molecule has 0 radical (unpaired) electrons. The van der Waals surface area contributed by atoms with Crippen LogP contribution in [0.3, 0.4) is 0 Å². The van der Waals surface area contributed by atoms with Crippen molar-refractivity contribution in [3.63, 3.8) is 0 Å². The Morgan fingerprint density at radius 2 is 2.00 bits per heavy atom. The molecule has 0 aromatic heterocycles. The van der Waals surface area contributed by atoms with Crippen LogP contribution in [0.2, 0.25) is 0 Å². The third kappa shape index (κ3) is 3.91. The highest BCUT2D eigenvalue weighted by molar-refractivity contribution is 4.95. The fourth-order valence-electron chi connectivity index (χ4n) is 0.535. The van der Waals surface area contributed by atoms with Gasteiger partial charge in [0.2, 0.25) is 0 Å². The van der Waals surface area contributed by atoms with Crippen LogP contribution in [0.1, 0.15) is 40.0 Å². The van der Waals surface area contributed by atoms with E-state index in [0.29, 0.717) is 0 Å². The highest BCUT2D eigenvalue weighted by atomic mass is 13.9. The van der Waals surface area contributed by atoms with Crippen molar-refractivity contribution in [3.8, 4) is 0 Å². The first-order chi connectivity index (χ1) is 3.81. The van der Waals surface area contributed by atoms with Gasteiger partial charge in [-0.1, -0.05) is 31.9 Å².